The normalized spacial score (nSPS) is 12.8. The average Bonchev–Trinajstić information content (AvgIpc) is 2.35. The summed E-state index contributed by atoms with van der Waals surface area (Å²) in [5.74, 6) is -0.509. The van der Waals surface area contributed by atoms with Crippen LogP contribution in [-0.4, -0.2) is 76.3 Å². The Morgan fingerprint density at radius 3 is 2.32 bits per heavy atom. The van der Waals surface area contributed by atoms with E-state index in [2.05, 4.69) is 15.5 Å². The van der Waals surface area contributed by atoms with Gasteiger partial charge in [-0.15, -0.1) is 0 Å². The lowest BCUT2D eigenvalue weighted by molar-refractivity contribution is -0.136. The monoisotopic (exact) mass is 295 g/mol. The average molecular weight is 295 g/mol. The molecule has 0 saturated carbocycles. The molecule has 0 aliphatic heterocycles. The van der Waals surface area contributed by atoms with Crippen molar-refractivity contribution in [3.63, 3.8) is 0 Å². The van der Waals surface area contributed by atoms with Crippen LogP contribution in [0.4, 0.5) is 0 Å². The van der Waals surface area contributed by atoms with Crippen molar-refractivity contribution in [2.45, 2.75) is 13.3 Å². The molecular weight excluding hydrogens is 270 g/mol. The zero-order chi connectivity index (χ0) is 14.5. The van der Waals surface area contributed by atoms with Crippen molar-refractivity contribution in [2.24, 2.45) is 0 Å². The second-order valence-electron chi connectivity index (χ2n) is 4.10. The number of likely N-dealkylation sites (N-methyl/N-ethyl adjacent to an activating group) is 1. The number of aliphatic carboxylic acids is 1. The molecule has 0 bridgehead atoms. The van der Waals surface area contributed by atoms with Crippen molar-refractivity contribution in [1.29, 1.82) is 0 Å². The summed E-state index contributed by atoms with van der Waals surface area (Å²) in [5, 5.41) is 14.7. The molecule has 0 spiro atoms. The molecular formula is C11H25N3O4S. The maximum absolute atomic E-state index is 10.6. The number of hydrogen-bond donors (Lipinski definition) is 4. The van der Waals surface area contributed by atoms with E-state index in [0.717, 1.165) is 32.7 Å². The topological polar surface area (TPSA) is 102 Å². The predicted molar refractivity (Wildman–Crippen MR) is 75.7 cm³/mol. The van der Waals surface area contributed by atoms with Crippen LogP contribution in [0.15, 0.2) is 0 Å². The fraction of sp³-hybridized carbons (Fsp3) is 0.909. The Kier molecular flexibility index (Phi) is 12.1. The highest BCUT2D eigenvalue weighted by Gasteiger charge is 2.03. The lowest BCUT2D eigenvalue weighted by Gasteiger charge is -2.19. The second-order valence-corrected chi connectivity index (χ2v) is 5.15. The SMILES string of the molecule is CCN(CCNCCNCCC(=O)O)CCS(=O)O. The maximum atomic E-state index is 10.6. The zero-order valence-corrected chi connectivity index (χ0v) is 12.2. The molecule has 0 heterocycles. The zero-order valence-electron chi connectivity index (χ0n) is 11.4. The van der Waals surface area contributed by atoms with Gasteiger partial charge in [-0.05, 0) is 6.54 Å². The fourth-order valence-electron chi connectivity index (χ4n) is 1.49. The van der Waals surface area contributed by atoms with Gasteiger partial charge in [0.25, 0.3) is 0 Å². The Hall–Kier alpha value is -0.540. The van der Waals surface area contributed by atoms with Gasteiger partial charge < -0.3 is 25.2 Å². The van der Waals surface area contributed by atoms with Crippen LogP contribution in [-0.2, 0) is 15.9 Å². The highest BCUT2D eigenvalue weighted by Crippen LogP contribution is 1.87. The largest absolute Gasteiger partial charge is 0.481 e. The van der Waals surface area contributed by atoms with E-state index in [9.17, 15) is 9.00 Å². The third-order valence-electron chi connectivity index (χ3n) is 2.63. The Morgan fingerprint density at radius 2 is 1.79 bits per heavy atom. The van der Waals surface area contributed by atoms with Crippen LogP contribution < -0.4 is 10.6 Å². The molecule has 0 radical (unpaired) electrons. The minimum Gasteiger partial charge on any atom is -0.481 e. The van der Waals surface area contributed by atoms with Crippen molar-refractivity contribution in [3.8, 4) is 0 Å². The summed E-state index contributed by atoms with van der Waals surface area (Å²) in [6.07, 6.45) is 0.141. The number of carbonyl (C=O) groups is 1. The third-order valence-corrected chi connectivity index (χ3v) is 3.16. The van der Waals surface area contributed by atoms with Gasteiger partial charge >= 0.3 is 5.97 Å². The van der Waals surface area contributed by atoms with Crippen LogP contribution in [0.2, 0.25) is 0 Å². The van der Waals surface area contributed by atoms with Gasteiger partial charge in [-0.1, -0.05) is 6.92 Å². The molecule has 0 amide bonds. The quantitative estimate of drug-likeness (QED) is 0.260. The highest BCUT2D eigenvalue weighted by molar-refractivity contribution is 7.79. The summed E-state index contributed by atoms with van der Waals surface area (Å²) in [4.78, 5) is 12.4. The molecule has 19 heavy (non-hydrogen) atoms. The molecule has 4 N–H and O–H groups in total. The van der Waals surface area contributed by atoms with E-state index in [0.29, 0.717) is 13.1 Å². The number of carboxylic acids is 1. The molecule has 7 nitrogen and oxygen atoms in total. The first-order valence-corrected chi connectivity index (χ1v) is 7.77. The summed E-state index contributed by atoms with van der Waals surface area (Å²) in [5.41, 5.74) is 0. The Morgan fingerprint density at radius 1 is 1.16 bits per heavy atom. The summed E-state index contributed by atoms with van der Waals surface area (Å²) in [6.45, 7) is 7.15. The smallest absolute Gasteiger partial charge is 0.304 e. The number of carboxylic acid groups (broad SMARTS) is 1. The summed E-state index contributed by atoms with van der Waals surface area (Å²) < 4.78 is 19.3. The summed E-state index contributed by atoms with van der Waals surface area (Å²) >= 11 is -1.72. The molecule has 0 aromatic carbocycles. The Balaban J connectivity index is 3.35. The molecule has 0 aliphatic carbocycles. The second kappa shape index (κ2) is 12.5. The number of nitrogens with one attached hydrogen (secondary N) is 2. The van der Waals surface area contributed by atoms with E-state index in [-0.39, 0.29) is 12.2 Å². The molecule has 1 unspecified atom stereocenters. The van der Waals surface area contributed by atoms with E-state index >= 15 is 0 Å². The maximum Gasteiger partial charge on any atom is 0.304 e. The van der Waals surface area contributed by atoms with Crippen molar-refractivity contribution in [2.75, 3.05) is 51.6 Å². The van der Waals surface area contributed by atoms with Gasteiger partial charge in [0.05, 0.1) is 12.2 Å². The fourth-order valence-corrected chi connectivity index (χ4v) is 1.91. The van der Waals surface area contributed by atoms with Gasteiger partial charge in [-0.25, -0.2) is 4.21 Å². The molecule has 1 atom stereocenters. The first-order valence-electron chi connectivity index (χ1n) is 6.49. The number of hydrogen-bond acceptors (Lipinski definition) is 5. The van der Waals surface area contributed by atoms with Crippen molar-refractivity contribution < 1.29 is 18.7 Å². The lowest BCUT2D eigenvalue weighted by Crippen LogP contribution is -2.37. The first-order chi connectivity index (χ1) is 9.06. The summed E-state index contributed by atoms with van der Waals surface area (Å²) in [6, 6.07) is 0. The summed E-state index contributed by atoms with van der Waals surface area (Å²) in [7, 11) is 0. The molecule has 0 aromatic heterocycles. The van der Waals surface area contributed by atoms with Crippen LogP contribution >= 0.6 is 0 Å². The minimum atomic E-state index is -1.72. The minimum absolute atomic E-state index is 0.141. The van der Waals surface area contributed by atoms with E-state index < -0.39 is 17.0 Å². The van der Waals surface area contributed by atoms with Crippen molar-refractivity contribution in [1.82, 2.24) is 15.5 Å². The predicted octanol–water partition coefficient (Wildman–Crippen LogP) is -0.816. The standard InChI is InChI=1S/C11H25N3O4S/c1-2-14(9-10-19(17)18)8-7-13-6-5-12-4-3-11(15)16/h12-13H,2-10H2,1H3,(H,15,16)(H,17,18). The number of nitrogens with zero attached hydrogens (tertiary/aromatic N) is 1. The first kappa shape index (κ1) is 18.5. The molecule has 0 saturated heterocycles. The lowest BCUT2D eigenvalue weighted by atomic mass is 10.4. The van der Waals surface area contributed by atoms with Crippen LogP contribution in [0.25, 0.3) is 0 Å². The van der Waals surface area contributed by atoms with Crippen LogP contribution in [0.1, 0.15) is 13.3 Å². The Bertz CT molecular complexity index is 266. The van der Waals surface area contributed by atoms with Gasteiger partial charge in [0.15, 0.2) is 11.1 Å². The number of rotatable bonds is 13. The van der Waals surface area contributed by atoms with Crippen LogP contribution in [0.3, 0.4) is 0 Å². The molecule has 8 heteroatoms. The van der Waals surface area contributed by atoms with Crippen LogP contribution in [0.5, 0.6) is 0 Å². The molecule has 0 aliphatic rings. The van der Waals surface area contributed by atoms with Crippen molar-refractivity contribution in [3.05, 3.63) is 0 Å². The van der Waals surface area contributed by atoms with Gasteiger partial charge in [0.2, 0.25) is 0 Å². The van der Waals surface area contributed by atoms with Gasteiger partial charge in [0.1, 0.15) is 0 Å². The van der Waals surface area contributed by atoms with Crippen LogP contribution in [0, 0.1) is 0 Å². The van der Waals surface area contributed by atoms with Gasteiger partial charge in [0, 0.05) is 39.3 Å². The molecule has 0 aromatic rings. The van der Waals surface area contributed by atoms with Gasteiger partial charge in [-0.3, -0.25) is 4.79 Å². The highest BCUT2D eigenvalue weighted by atomic mass is 32.2. The molecule has 114 valence electrons. The van der Waals surface area contributed by atoms with E-state index in [1.165, 1.54) is 0 Å². The molecule has 0 rings (SSSR count). The van der Waals surface area contributed by atoms with E-state index in [1.54, 1.807) is 0 Å². The van der Waals surface area contributed by atoms with Gasteiger partial charge in [-0.2, -0.15) is 0 Å². The van der Waals surface area contributed by atoms with E-state index in [4.69, 9.17) is 9.66 Å². The third kappa shape index (κ3) is 13.7. The van der Waals surface area contributed by atoms with Crippen molar-refractivity contribution >= 4 is 17.0 Å². The van der Waals surface area contributed by atoms with E-state index in [1.807, 2.05) is 6.92 Å². The molecule has 0 fully saturated rings. The Labute approximate surface area is 117 Å².